The lowest BCUT2D eigenvalue weighted by molar-refractivity contribution is -0.147. The van der Waals surface area contributed by atoms with Crippen LogP contribution in [0.3, 0.4) is 0 Å². The predicted molar refractivity (Wildman–Crippen MR) is 66.4 cm³/mol. The minimum absolute atomic E-state index is 0.00152. The molecule has 0 amide bonds. The Morgan fingerprint density at radius 3 is 2.42 bits per heavy atom. The molecule has 106 valence electrons. The summed E-state index contributed by atoms with van der Waals surface area (Å²) in [6.45, 7) is 5.63. The lowest BCUT2D eigenvalue weighted by Gasteiger charge is -2.14. The third-order valence-corrected chi connectivity index (χ3v) is 2.44. The molecule has 1 aromatic heterocycles. The van der Waals surface area contributed by atoms with Gasteiger partial charge in [0.2, 0.25) is 5.69 Å². The minimum Gasteiger partial charge on any atom is -0.464 e. The zero-order chi connectivity index (χ0) is 14.4. The van der Waals surface area contributed by atoms with E-state index in [0.717, 1.165) is 0 Å². The van der Waals surface area contributed by atoms with Gasteiger partial charge in [-0.2, -0.15) is 0 Å². The number of nitrogens with zero attached hydrogens (tertiary/aromatic N) is 3. The van der Waals surface area contributed by atoms with Crippen LogP contribution in [0.4, 0.5) is 5.82 Å². The van der Waals surface area contributed by atoms with Crippen LogP contribution in [0.2, 0.25) is 0 Å². The van der Waals surface area contributed by atoms with Gasteiger partial charge < -0.3 is 15.2 Å². The summed E-state index contributed by atoms with van der Waals surface area (Å²) in [4.78, 5) is 23.3. The fourth-order valence-corrected chi connectivity index (χ4v) is 1.55. The average Bonchev–Trinajstić information content (AvgIpc) is 2.73. The first-order valence-corrected chi connectivity index (χ1v) is 6.11. The van der Waals surface area contributed by atoms with Gasteiger partial charge in [0.1, 0.15) is 0 Å². The smallest absolute Gasteiger partial charge is 0.362 e. The standard InChI is InChI=1S/C11H18N4O4/c1-4-7(10(16)18-5-2)15-9(12)8(13-14-15)11(17)19-6-3/h7H,4-6,12H2,1-3H3. The molecule has 1 unspecified atom stereocenters. The largest absolute Gasteiger partial charge is 0.464 e. The van der Waals surface area contributed by atoms with Crippen molar-refractivity contribution in [3.8, 4) is 0 Å². The zero-order valence-corrected chi connectivity index (χ0v) is 11.3. The zero-order valence-electron chi connectivity index (χ0n) is 11.3. The van der Waals surface area contributed by atoms with E-state index in [1.54, 1.807) is 20.8 Å². The Morgan fingerprint density at radius 2 is 1.89 bits per heavy atom. The fourth-order valence-electron chi connectivity index (χ4n) is 1.55. The molecule has 8 heteroatoms. The molecule has 1 atom stereocenters. The topological polar surface area (TPSA) is 109 Å². The molecule has 0 saturated carbocycles. The third kappa shape index (κ3) is 3.21. The third-order valence-electron chi connectivity index (χ3n) is 2.44. The van der Waals surface area contributed by atoms with Crippen molar-refractivity contribution in [2.24, 2.45) is 0 Å². The van der Waals surface area contributed by atoms with Crippen molar-refractivity contribution >= 4 is 17.8 Å². The number of carbonyl (C=O) groups is 2. The number of hydrogen-bond donors (Lipinski definition) is 1. The Morgan fingerprint density at radius 1 is 1.26 bits per heavy atom. The van der Waals surface area contributed by atoms with Gasteiger partial charge in [-0.25, -0.2) is 14.3 Å². The number of carbonyl (C=O) groups excluding carboxylic acids is 2. The van der Waals surface area contributed by atoms with Gasteiger partial charge in [0.05, 0.1) is 13.2 Å². The molecular formula is C11H18N4O4. The van der Waals surface area contributed by atoms with Crippen molar-refractivity contribution in [3.05, 3.63) is 5.69 Å². The summed E-state index contributed by atoms with van der Waals surface area (Å²) in [6.07, 6.45) is 0.425. The van der Waals surface area contributed by atoms with Crippen molar-refractivity contribution in [2.45, 2.75) is 33.2 Å². The molecule has 2 N–H and O–H groups in total. The van der Waals surface area contributed by atoms with Crippen LogP contribution in [-0.4, -0.2) is 40.1 Å². The van der Waals surface area contributed by atoms with Crippen LogP contribution < -0.4 is 5.73 Å². The maximum atomic E-state index is 11.7. The summed E-state index contributed by atoms with van der Waals surface area (Å²) < 4.78 is 10.9. The highest BCUT2D eigenvalue weighted by Crippen LogP contribution is 2.19. The monoisotopic (exact) mass is 270 g/mol. The normalized spacial score (nSPS) is 11.9. The van der Waals surface area contributed by atoms with Crippen LogP contribution in [0.15, 0.2) is 0 Å². The van der Waals surface area contributed by atoms with E-state index in [0.29, 0.717) is 6.42 Å². The van der Waals surface area contributed by atoms with Gasteiger partial charge in [-0.05, 0) is 20.3 Å². The Balaban J connectivity index is 3.00. The Bertz CT molecular complexity index is 458. The molecule has 0 radical (unpaired) electrons. The summed E-state index contributed by atoms with van der Waals surface area (Å²) in [7, 11) is 0. The number of rotatable bonds is 6. The van der Waals surface area contributed by atoms with Crippen LogP contribution in [0, 0.1) is 0 Å². The lowest BCUT2D eigenvalue weighted by atomic mass is 10.2. The lowest BCUT2D eigenvalue weighted by Crippen LogP contribution is -2.24. The van der Waals surface area contributed by atoms with Gasteiger partial charge in [-0.15, -0.1) is 5.10 Å². The molecule has 0 fully saturated rings. The van der Waals surface area contributed by atoms with E-state index in [1.807, 2.05) is 0 Å². The van der Waals surface area contributed by atoms with E-state index in [-0.39, 0.29) is 24.7 Å². The summed E-state index contributed by atoms with van der Waals surface area (Å²) >= 11 is 0. The maximum Gasteiger partial charge on any atom is 0.362 e. The minimum atomic E-state index is -0.698. The molecule has 0 aromatic carbocycles. The quantitative estimate of drug-likeness (QED) is 0.751. The van der Waals surface area contributed by atoms with Crippen molar-refractivity contribution in [3.63, 3.8) is 0 Å². The summed E-state index contributed by atoms with van der Waals surface area (Å²) in [6, 6.07) is -0.698. The predicted octanol–water partition coefficient (Wildman–Crippen LogP) is 0.551. The maximum absolute atomic E-state index is 11.7. The Kier molecular flexibility index (Phi) is 5.28. The van der Waals surface area contributed by atoms with Crippen LogP contribution in [0.1, 0.15) is 43.7 Å². The van der Waals surface area contributed by atoms with Crippen LogP contribution >= 0.6 is 0 Å². The van der Waals surface area contributed by atoms with Crippen LogP contribution in [-0.2, 0) is 14.3 Å². The van der Waals surface area contributed by atoms with Crippen molar-refractivity contribution < 1.29 is 19.1 Å². The molecular weight excluding hydrogens is 252 g/mol. The molecule has 1 heterocycles. The van der Waals surface area contributed by atoms with Crippen LogP contribution in [0.25, 0.3) is 0 Å². The molecule has 0 aliphatic carbocycles. The number of nitrogens with two attached hydrogens (primary N) is 1. The van der Waals surface area contributed by atoms with E-state index in [9.17, 15) is 9.59 Å². The highest BCUT2D eigenvalue weighted by molar-refractivity contribution is 5.92. The molecule has 0 aliphatic rings. The molecule has 8 nitrogen and oxygen atoms in total. The van der Waals surface area contributed by atoms with Gasteiger partial charge in [-0.3, -0.25) is 0 Å². The number of aromatic nitrogens is 3. The van der Waals surface area contributed by atoms with Crippen molar-refractivity contribution in [1.29, 1.82) is 0 Å². The van der Waals surface area contributed by atoms with Crippen molar-refractivity contribution in [1.82, 2.24) is 15.0 Å². The Labute approximate surface area is 110 Å². The van der Waals surface area contributed by atoms with Crippen molar-refractivity contribution in [2.75, 3.05) is 18.9 Å². The molecule has 0 spiro atoms. The number of hydrogen-bond acceptors (Lipinski definition) is 7. The highest BCUT2D eigenvalue weighted by Gasteiger charge is 2.27. The van der Waals surface area contributed by atoms with Gasteiger partial charge in [0.25, 0.3) is 0 Å². The molecule has 0 bridgehead atoms. The van der Waals surface area contributed by atoms with Gasteiger partial charge in [-0.1, -0.05) is 12.1 Å². The van der Waals surface area contributed by atoms with Crippen LogP contribution in [0.5, 0.6) is 0 Å². The highest BCUT2D eigenvalue weighted by atomic mass is 16.5. The Hall–Kier alpha value is -2.12. The fraction of sp³-hybridized carbons (Fsp3) is 0.636. The van der Waals surface area contributed by atoms with E-state index in [2.05, 4.69) is 10.3 Å². The van der Waals surface area contributed by atoms with E-state index >= 15 is 0 Å². The van der Waals surface area contributed by atoms with E-state index in [1.165, 1.54) is 4.68 Å². The number of ether oxygens (including phenoxy) is 2. The molecule has 19 heavy (non-hydrogen) atoms. The van der Waals surface area contributed by atoms with Gasteiger partial charge >= 0.3 is 11.9 Å². The number of nitrogen functional groups attached to an aromatic ring is 1. The summed E-state index contributed by atoms with van der Waals surface area (Å²) in [5, 5.41) is 7.38. The first-order valence-electron chi connectivity index (χ1n) is 6.11. The van der Waals surface area contributed by atoms with E-state index < -0.39 is 18.0 Å². The average molecular weight is 270 g/mol. The second kappa shape index (κ2) is 6.72. The molecule has 1 rings (SSSR count). The van der Waals surface area contributed by atoms with E-state index in [4.69, 9.17) is 15.2 Å². The molecule has 0 aliphatic heterocycles. The number of esters is 2. The van der Waals surface area contributed by atoms with Gasteiger partial charge in [0.15, 0.2) is 11.9 Å². The van der Waals surface area contributed by atoms with Gasteiger partial charge in [0, 0.05) is 0 Å². The molecule has 0 saturated heterocycles. The first-order chi connectivity index (χ1) is 9.06. The second-order valence-electron chi connectivity index (χ2n) is 3.66. The number of anilines is 1. The first kappa shape index (κ1) is 14.9. The summed E-state index contributed by atoms with van der Waals surface area (Å²) in [5.74, 6) is -1.12. The molecule has 1 aromatic rings. The second-order valence-corrected chi connectivity index (χ2v) is 3.66. The SMILES string of the molecule is CCOC(=O)c1nnn(C(CC)C(=O)OCC)c1N. The summed E-state index contributed by atoms with van der Waals surface area (Å²) in [5.41, 5.74) is 5.68.